The van der Waals surface area contributed by atoms with E-state index in [1.54, 1.807) is 10.4 Å². The number of hydrogen-bond acceptors (Lipinski definition) is 4. The molecule has 0 aromatic carbocycles. The van der Waals surface area contributed by atoms with Crippen LogP contribution in [0.15, 0.2) is 14.7 Å². The van der Waals surface area contributed by atoms with Crippen molar-refractivity contribution in [1.29, 1.82) is 0 Å². The number of nitrogens with one attached hydrogen (secondary N) is 1. The lowest BCUT2D eigenvalue weighted by Crippen LogP contribution is -2.30. The molecule has 0 saturated carbocycles. The van der Waals surface area contributed by atoms with Crippen LogP contribution >= 0.6 is 27.3 Å². The predicted molar refractivity (Wildman–Crippen MR) is 81.9 cm³/mol. The molecule has 0 aliphatic carbocycles. The highest BCUT2D eigenvalue weighted by Gasteiger charge is 2.38. The van der Waals surface area contributed by atoms with Gasteiger partial charge in [0.25, 0.3) is 0 Å². The smallest absolute Gasteiger partial charge is 0.245 e. The molecule has 2 heterocycles. The highest BCUT2D eigenvalue weighted by atomic mass is 79.9. The van der Waals surface area contributed by atoms with Gasteiger partial charge in [-0.05, 0) is 40.9 Å². The van der Waals surface area contributed by atoms with Crippen molar-refractivity contribution in [3.63, 3.8) is 0 Å². The van der Waals surface area contributed by atoms with Crippen LogP contribution in [0.4, 0.5) is 0 Å². The first kappa shape index (κ1) is 15.4. The highest BCUT2D eigenvalue weighted by molar-refractivity contribution is 9.11. The zero-order valence-corrected chi connectivity index (χ0v) is 14.6. The lowest BCUT2D eigenvalue weighted by molar-refractivity contribution is 0.375. The summed E-state index contributed by atoms with van der Waals surface area (Å²) < 4.78 is 27.6. The van der Waals surface area contributed by atoms with Gasteiger partial charge in [-0.2, -0.15) is 4.31 Å². The SMILES string of the molecule is CNCc1cc(S(=O)(=O)N2CCC(C)(C)C2)c(Br)s1. The van der Waals surface area contributed by atoms with E-state index in [1.165, 1.54) is 11.3 Å². The molecular weight excluding hydrogens is 348 g/mol. The zero-order valence-electron chi connectivity index (χ0n) is 11.4. The first-order valence-electron chi connectivity index (χ1n) is 6.19. The van der Waals surface area contributed by atoms with Crippen LogP contribution in [0.5, 0.6) is 0 Å². The van der Waals surface area contributed by atoms with Crippen molar-refractivity contribution in [1.82, 2.24) is 9.62 Å². The van der Waals surface area contributed by atoms with Crippen molar-refractivity contribution in [2.75, 3.05) is 20.1 Å². The lowest BCUT2D eigenvalue weighted by atomic mass is 9.93. The molecule has 0 spiro atoms. The topological polar surface area (TPSA) is 49.4 Å². The van der Waals surface area contributed by atoms with Crippen molar-refractivity contribution in [2.24, 2.45) is 5.41 Å². The molecule has 4 nitrogen and oxygen atoms in total. The largest absolute Gasteiger partial charge is 0.315 e. The van der Waals surface area contributed by atoms with E-state index in [0.717, 1.165) is 11.3 Å². The Morgan fingerprint density at radius 2 is 2.21 bits per heavy atom. The van der Waals surface area contributed by atoms with Crippen LogP contribution in [0.1, 0.15) is 25.1 Å². The molecule has 7 heteroatoms. The van der Waals surface area contributed by atoms with Crippen molar-refractivity contribution in [3.05, 3.63) is 14.7 Å². The second-order valence-corrected chi connectivity index (χ2v) is 9.99. The molecule has 1 N–H and O–H groups in total. The minimum absolute atomic E-state index is 0.0728. The molecule has 1 fully saturated rings. The number of rotatable bonds is 4. The molecule has 1 saturated heterocycles. The quantitative estimate of drug-likeness (QED) is 0.890. The van der Waals surface area contributed by atoms with Crippen LogP contribution in [0.3, 0.4) is 0 Å². The van der Waals surface area contributed by atoms with E-state index in [0.29, 0.717) is 28.3 Å². The van der Waals surface area contributed by atoms with E-state index in [-0.39, 0.29) is 5.41 Å². The van der Waals surface area contributed by atoms with Crippen LogP contribution in [0.2, 0.25) is 0 Å². The van der Waals surface area contributed by atoms with Gasteiger partial charge in [0.05, 0.1) is 3.79 Å². The van der Waals surface area contributed by atoms with Crippen LogP contribution in [0.25, 0.3) is 0 Å². The van der Waals surface area contributed by atoms with E-state index in [1.807, 2.05) is 7.05 Å². The number of thiophene rings is 1. The molecule has 1 aromatic heterocycles. The summed E-state index contributed by atoms with van der Waals surface area (Å²) in [4.78, 5) is 1.42. The van der Waals surface area contributed by atoms with Gasteiger partial charge in [0.2, 0.25) is 10.0 Å². The Labute approximate surface area is 127 Å². The van der Waals surface area contributed by atoms with Crippen LogP contribution in [-0.2, 0) is 16.6 Å². The van der Waals surface area contributed by atoms with Crippen molar-refractivity contribution >= 4 is 37.3 Å². The first-order chi connectivity index (χ1) is 8.76. The summed E-state index contributed by atoms with van der Waals surface area (Å²) in [5, 5.41) is 3.04. The van der Waals surface area contributed by atoms with Crippen molar-refractivity contribution in [2.45, 2.75) is 31.7 Å². The standard InChI is InChI=1S/C12H19BrN2O2S2/c1-12(2)4-5-15(8-12)19(16,17)10-6-9(7-14-3)18-11(10)13/h6,14H,4-5,7-8H2,1-3H3. The summed E-state index contributed by atoms with van der Waals surface area (Å²) in [7, 11) is -1.52. The van der Waals surface area contributed by atoms with Crippen molar-refractivity contribution in [3.8, 4) is 0 Å². The Morgan fingerprint density at radius 3 is 2.74 bits per heavy atom. The predicted octanol–water partition coefficient (Wildman–Crippen LogP) is 2.65. The Kier molecular flexibility index (Phi) is 4.42. The van der Waals surface area contributed by atoms with Gasteiger partial charge in [-0.1, -0.05) is 13.8 Å². The third kappa shape index (κ3) is 3.21. The van der Waals surface area contributed by atoms with Gasteiger partial charge in [-0.25, -0.2) is 8.42 Å². The van der Waals surface area contributed by atoms with Gasteiger partial charge in [-0.15, -0.1) is 11.3 Å². The third-order valence-electron chi connectivity index (χ3n) is 3.32. The normalized spacial score (nSPS) is 20.0. The fourth-order valence-corrected chi connectivity index (χ4v) is 6.52. The number of sulfonamides is 1. The Balaban J connectivity index is 2.30. The summed E-state index contributed by atoms with van der Waals surface area (Å²) in [6, 6.07) is 1.77. The van der Waals surface area contributed by atoms with Crippen LogP contribution < -0.4 is 5.32 Å². The van der Waals surface area contributed by atoms with Gasteiger partial charge in [0, 0.05) is 24.5 Å². The molecule has 0 amide bonds. The minimum atomic E-state index is -3.37. The van der Waals surface area contributed by atoms with Gasteiger partial charge in [-0.3, -0.25) is 0 Å². The van der Waals surface area contributed by atoms with E-state index in [4.69, 9.17) is 0 Å². The fourth-order valence-electron chi connectivity index (χ4n) is 2.24. The van der Waals surface area contributed by atoms with E-state index in [9.17, 15) is 8.42 Å². The average molecular weight is 367 g/mol. The Morgan fingerprint density at radius 1 is 1.53 bits per heavy atom. The first-order valence-corrected chi connectivity index (χ1v) is 9.24. The van der Waals surface area contributed by atoms with Crippen LogP contribution in [0, 0.1) is 5.41 Å². The minimum Gasteiger partial charge on any atom is -0.315 e. The summed E-state index contributed by atoms with van der Waals surface area (Å²) in [5.74, 6) is 0. The lowest BCUT2D eigenvalue weighted by Gasteiger charge is -2.19. The number of nitrogens with zero attached hydrogens (tertiary/aromatic N) is 1. The van der Waals surface area contributed by atoms with Crippen molar-refractivity contribution < 1.29 is 8.42 Å². The molecule has 1 aromatic rings. The molecule has 108 valence electrons. The second-order valence-electron chi connectivity index (χ2n) is 5.63. The van der Waals surface area contributed by atoms with Gasteiger partial charge >= 0.3 is 0 Å². The average Bonchev–Trinajstić information content (AvgIpc) is 2.83. The van der Waals surface area contributed by atoms with E-state index < -0.39 is 10.0 Å². The molecule has 2 rings (SSSR count). The monoisotopic (exact) mass is 366 g/mol. The highest BCUT2D eigenvalue weighted by Crippen LogP contribution is 2.37. The summed E-state index contributed by atoms with van der Waals surface area (Å²) in [5.41, 5.74) is 0.0728. The summed E-state index contributed by atoms with van der Waals surface area (Å²) >= 11 is 4.86. The molecule has 19 heavy (non-hydrogen) atoms. The van der Waals surface area contributed by atoms with Gasteiger partial charge in [0.1, 0.15) is 4.90 Å². The molecule has 0 bridgehead atoms. The molecule has 0 unspecified atom stereocenters. The van der Waals surface area contributed by atoms with Gasteiger partial charge < -0.3 is 5.32 Å². The maximum absolute atomic E-state index is 12.6. The zero-order chi connectivity index (χ0) is 14.3. The second kappa shape index (κ2) is 5.44. The maximum atomic E-state index is 12.6. The van der Waals surface area contributed by atoms with E-state index >= 15 is 0 Å². The maximum Gasteiger partial charge on any atom is 0.245 e. The van der Waals surface area contributed by atoms with E-state index in [2.05, 4.69) is 35.1 Å². The fraction of sp³-hybridized carbons (Fsp3) is 0.667. The molecular formula is C12H19BrN2O2S2. The molecule has 0 atom stereocenters. The number of hydrogen-bond donors (Lipinski definition) is 1. The summed E-state index contributed by atoms with van der Waals surface area (Å²) in [6.07, 6.45) is 0.914. The van der Waals surface area contributed by atoms with Gasteiger partial charge in [0.15, 0.2) is 0 Å². The third-order valence-corrected chi connectivity index (χ3v) is 7.41. The number of halogens is 1. The molecule has 0 radical (unpaired) electrons. The Hall–Kier alpha value is 0.0500. The molecule has 1 aliphatic heterocycles. The Bertz CT molecular complexity index is 566. The van der Waals surface area contributed by atoms with Crippen LogP contribution in [-0.4, -0.2) is 32.9 Å². The summed E-state index contributed by atoms with van der Waals surface area (Å²) in [6.45, 7) is 6.11. The molecule has 1 aliphatic rings.